The van der Waals surface area contributed by atoms with Crippen molar-refractivity contribution in [3.8, 4) is 5.69 Å². The molecule has 10 heteroatoms. The Bertz CT molecular complexity index is 723. The number of carbonyl (C=O) groups excluding carboxylic acids is 2. The molecule has 2 aromatic rings. The molecule has 8 nitrogen and oxygen atoms in total. The largest absolute Gasteiger partial charge is 0.335 e. The van der Waals surface area contributed by atoms with Crippen LogP contribution in [0.25, 0.3) is 5.69 Å². The maximum absolute atomic E-state index is 11.8. The molecule has 0 fully saturated rings. The van der Waals surface area contributed by atoms with Gasteiger partial charge in [-0.2, -0.15) is 4.68 Å². The number of thioether (sulfide) groups is 1. The predicted octanol–water partition coefficient (Wildman–Crippen LogP) is 2.03. The molecule has 0 aliphatic carbocycles. The Balaban J connectivity index is 1.92. The van der Waals surface area contributed by atoms with E-state index in [1.165, 1.54) is 4.68 Å². The molecule has 0 saturated heterocycles. The Morgan fingerprint density at radius 1 is 1.42 bits per heavy atom. The second-order valence-electron chi connectivity index (χ2n) is 4.97. The van der Waals surface area contributed by atoms with Crippen LogP contribution in [-0.2, 0) is 4.79 Å². The van der Waals surface area contributed by atoms with Gasteiger partial charge in [0.2, 0.25) is 11.1 Å². The van der Waals surface area contributed by atoms with Crippen molar-refractivity contribution in [3.05, 3.63) is 29.3 Å². The number of hydrogen-bond acceptors (Lipinski definition) is 6. The highest BCUT2D eigenvalue weighted by Gasteiger charge is 2.14. The van der Waals surface area contributed by atoms with E-state index in [-0.39, 0.29) is 11.8 Å². The predicted molar refractivity (Wildman–Crippen MR) is 91.3 cm³/mol. The third-order valence-electron chi connectivity index (χ3n) is 3.07. The van der Waals surface area contributed by atoms with Gasteiger partial charge in [-0.3, -0.25) is 10.1 Å². The first-order valence-electron chi connectivity index (χ1n) is 7.27. The van der Waals surface area contributed by atoms with Crippen molar-refractivity contribution in [2.24, 2.45) is 0 Å². The molecule has 0 aliphatic heterocycles. The fourth-order valence-electron chi connectivity index (χ4n) is 1.69. The monoisotopic (exact) mass is 368 g/mol. The standard InChI is InChI=1S/C14H17ClN6O2S/c1-3-9(2)16-13(23)17-12(22)8-24-14-18-19-20-21(14)11-6-4-5-10(15)7-11/h4-7,9H,3,8H2,1-2H3,(H2,16,17,22,23)/t9-/m1/s1. The number of imide groups is 1. The number of urea groups is 1. The van der Waals surface area contributed by atoms with Gasteiger partial charge >= 0.3 is 6.03 Å². The topological polar surface area (TPSA) is 102 Å². The van der Waals surface area contributed by atoms with Gasteiger partial charge in [0.15, 0.2) is 0 Å². The average Bonchev–Trinajstić information content (AvgIpc) is 3.01. The Labute approximate surface area is 148 Å². The lowest BCUT2D eigenvalue weighted by atomic mass is 10.3. The van der Waals surface area contributed by atoms with Gasteiger partial charge in [0, 0.05) is 11.1 Å². The van der Waals surface area contributed by atoms with E-state index in [0.29, 0.717) is 15.9 Å². The van der Waals surface area contributed by atoms with Crippen LogP contribution in [0.1, 0.15) is 20.3 Å². The number of carbonyl (C=O) groups is 2. The molecule has 128 valence electrons. The molecule has 0 aliphatic rings. The van der Waals surface area contributed by atoms with Gasteiger partial charge in [-0.05, 0) is 42.0 Å². The number of aromatic nitrogens is 4. The molecule has 1 aromatic carbocycles. The highest BCUT2D eigenvalue weighted by Crippen LogP contribution is 2.20. The Morgan fingerprint density at radius 2 is 2.21 bits per heavy atom. The maximum atomic E-state index is 11.8. The summed E-state index contributed by atoms with van der Waals surface area (Å²) >= 11 is 7.08. The Kier molecular flexibility index (Phi) is 6.56. The summed E-state index contributed by atoms with van der Waals surface area (Å²) in [7, 11) is 0. The van der Waals surface area contributed by atoms with E-state index in [9.17, 15) is 9.59 Å². The minimum Gasteiger partial charge on any atom is -0.335 e. The number of rotatable bonds is 6. The summed E-state index contributed by atoms with van der Waals surface area (Å²) in [6, 6.07) is 6.52. The van der Waals surface area contributed by atoms with Crippen LogP contribution in [0.4, 0.5) is 4.79 Å². The minimum absolute atomic E-state index is 0.000538. The van der Waals surface area contributed by atoms with Gasteiger partial charge < -0.3 is 5.32 Å². The summed E-state index contributed by atoms with van der Waals surface area (Å²) in [6.45, 7) is 3.80. The zero-order chi connectivity index (χ0) is 17.5. The fourth-order valence-corrected chi connectivity index (χ4v) is 2.57. The van der Waals surface area contributed by atoms with E-state index in [1.807, 2.05) is 13.8 Å². The first kappa shape index (κ1) is 18.2. The highest BCUT2D eigenvalue weighted by molar-refractivity contribution is 7.99. The number of halogens is 1. The lowest BCUT2D eigenvalue weighted by Crippen LogP contribution is -2.43. The van der Waals surface area contributed by atoms with Gasteiger partial charge in [0.1, 0.15) is 0 Å². The zero-order valence-corrected chi connectivity index (χ0v) is 14.8. The second kappa shape index (κ2) is 8.65. The van der Waals surface area contributed by atoms with Crippen molar-refractivity contribution in [3.63, 3.8) is 0 Å². The van der Waals surface area contributed by atoms with Crippen molar-refractivity contribution in [2.75, 3.05) is 5.75 Å². The molecule has 1 aromatic heterocycles. The smallest absolute Gasteiger partial charge is 0.321 e. The number of benzene rings is 1. The second-order valence-corrected chi connectivity index (χ2v) is 6.35. The third-order valence-corrected chi connectivity index (χ3v) is 4.22. The van der Waals surface area contributed by atoms with Crippen LogP contribution < -0.4 is 10.6 Å². The van der Waals surface area contributed by atoms with E-state index in [0.717, 1.165) is 18.2 Å². The average molecular weight is 369 g/mol. The third kappa shape index (κ3) is 5.20. The Morgan fingerprint density at radius 3 is 2.92 bits per heavy atom. The molecule has 24 heavy (non-hydrogen) atoms. The van der Waals surface area contributed by atoms with Gasteiger partial charge in [-0.25, -0.2) is 4.79 Å². The van der Waals surface area contributed by atoms with Crippen LogP contribution in [0.3, 0.4) is 0 Å². The molecule has 2 N–H and O–H groups in total. The molecule has 0 spiro atoms. The van der Waals surface area contributed by atoms with Crippen molar-refractivity contribution in [1.29, 1.82) is 0 Å². The molecule has 1 atom stereocenters. The molecule has 3 amide bonds. The van der Waals surface area contributed by atoms with E-state index in [1.54, 1.807) is 24.3 Å². The molecule has 0 bridgehead atoms. The van der Waals surface area contributed by atoms with E-state index >= 15 is 0 Å². The highest BCUT2D eigenvalue weighted by atomic mass is 35.5. The first-order valence-corrected chi connectivity index (χ1v) is 8.63. The van der Waals surface area contributed by atoms with Crippen LogP contribution >= 0.6 is 23.4 Å². The summed E-state index contributed by atoms with van der Waals surface area (Å²) in [6.07, 6.45) is 0.783. The lowest BCUT2D eigenvalue weighted by Gasteiger charge is -2.11. The molecule has 1 heterocycles. The summed E-state index contributed by atoms with van der Waals surface area (Å²) in [5, 5.41) is 17.3. The summed E-state index contributed by atoms with van der Waals surface area (Å²) in [5.74, 6) is -0.420. The molecule has 0 unspecified atom stereocenters. The maximum Gasteiger partial charge on any atom is 0.321 e. The number of tetrazole rings is 1. The number of amides is 3. The van der Waals surface area contributed by atoms with Gasteiger partial charge in [0.25, 0.3) is 0 Å². The number of hydrogen-bond donors (Lipinski definition) is 2. The van der Waals surface area contributed by atoms with Gasteiger partial charge in [-0.15, -0.1) is 5.10 Å². The summed E-state index contributed by atoms with van der Waals surface area (Å²) in [4.78, 5) is 23.4. The van der Waals surface area contributed by atoms with Crippen molar-refractivity contribution in [1.82, 2.24) is 30.8 Å². The van der Waals surface area contributed by atoms with Crippen LogP contribution in [0, 0.1) is 0 Å². The van der Waals surface area contributed by atoms with E-state index < -0.39 is 11.9 Å². The molecular formula is C14H17ClN6O2S. The summed E-state index contributed by atoms with van der Waals surface area (Å²) in [5.41, 5.74) is 0.685. The Hall–Kier alpha value is -2.13. The first-order chi connectivity index (χ1) is 11.5. The number of nitrogens with zero attached hydrogens (tertiary/aromatic N) is 4. The molecule has 0 saturated carbocycles. The van der Waals surface area contributed by atoms with Gasteiger partial charge in [0.05, 0.1) is 11.4 Å². The quantitative estimate of drug-likeness (QED) is 0.756. The van der Waals surface area contributed by atoms with Crippen LogP contribution in [-0.4, -0.2) is 43.9 Å². The van der Waals surface area contributed by atoms with Crippen LogP contribution in [0.5, 0.6) is 0 Å². The van der Waals surface area contributed by atoms with Crippen LogP contribution in [0.2, 0.25) is 5.02 Å². The minimum atomic E-state index is -0.510. The van der Waals surface area contributed by atoms with Crippen molar-refractivity contribution >= 4 is 35.3 Å². The van der Waals surface area contributed by atoms with E-state index in [4.69, 9.17) is 11.6 Å². The number of nitrogens with one attached hydrogen (secondary N) is 2. The fraction of sp³-hybridized carbons (Fsp3) is 0.357. The normalized spacial score (nSPS) is 11.8. The van der Waals surface area contributed by atoms with Gasteiger partial charge in [-0.1, -0.05) is 36.4 Å². The molecular weight excluding hydrogens is 352 g/mol. The SMILES string of the molecule is CC[C@@H](C)NC(=O)NC(=O)CSc1nnnn1-c1cccc(Cl)c1. The van der Waals surface area contributed by atoms with Crippen LogP contribution in [0.15, 0.2) is 29.4 Å². The molecule has 0 radical (unpaired) electrons. The van der Waals surface area contributed by atoms with Crippen molar-refractivity contribution in [2.45, 2.75) is 31.5 Å². The molecule has 2 rings (SSSR count). The lowest BCUT2D eigenvalue weighted by molar-refractivity contribution is -0.117. The summed E-state index contributed by atoms with van der Waals surface area (Å²) < 4.78 is 1.48. The van der Waals surface area contributed by atoms with E-state index in [2.05, 4.69) is 26.2 Å². The zero-order valence-electron chi connectivity index (χ0n) is 13.2. The van der Waals surface area contributed by atoms with Crippen molar-refractivity contribution < 1.29 is 9.59 Å².